The number of hydrogen-bond acceptors (Lipinski definition) is 5. The molecule has 0 radical (unpaired) electrons. The second-order valence-electron chi connectivity index (χ2n) is 5.73. The molecule has 1 spiro atoms. The minimum Gasteiger partial charge on any atom is -0.383 e. The standard InChI is InChI=1S/C14H22N4OS/c1-19-7-6-18-9-12(8-16-18)17-13-15-10-14(11-20-13)4-2-3-5-14/h8-9H,2-7,10-11H2,1H3,(H,15,17). The normalized spacial score (nSPS) is 21.1. The van der Waals surface area contributed by atoms with Crippen LogP contribution in [0.5, 0.6) is 0 Å². The smallest absolute Gasteiger partial charge is 0.161 e. The predicted octanol–water partition coefficient (Wildman–Crippen LogP) is 2.60. The van der Waals surface area contributed by atoms with Gasteiger partial charge in [-0.05, 0) is 18.3 Å². The number of thioether (sulfide) groups is 1. The van der Waals surface area contributed by atoms with Crippen molar-refractivity contribution in [3.8, 4) is 0 Å². The van der Waals surface area contributed by atoms with Crippen molar-refractivity contribution >= 4 is 22.6 Å². The van der Waals surface area contributed by atoms with Gasteiger partial charge in [0.15, 0.2) is 5.17 Å². The molecule has 0 bridgehead atoms. The molecule has 0 aromatic carbocycles. The molecule has 2 aliphatic rings. The molecule has 0 unspecified atom stereocenters. The molecular formula is C14H22N4OS. The quantitative estimate of drug-likeness (QED) is 0.927. The van der Waals surface area contributed by atoms with Gasteiger partial charge >= 0.3 is 0 Å². The summed E-state index contributed by atoms with van der Waals surface area (Å²) in [6.07, 6.45) is 9.31. The van der Waals surface area contributed by atoms with E-state index in [-0.39, 0.29) is 0 Å². The zero-order valence-corrected chi connectivity index (χ0v) is 12.8. The van der Waals surface area contributed by atoms with E-state index in [2.05, 4.69) is 10.4 Å². The summed E-state index contributed by atoms with van der Waals surface area (Å²) in [4.78, 5) is 4.74. The Balaban J connectivity index is 1.55. The fourth-order valence-electron chi connectivity index (χ4n) is 2.91. The van der Waals surface area contributed by atoms with Crippen molar-refractivity contribution in [2.24, 2.45) is 10.4 Å². The van der Waals surface area contributed by atoms with Gasteiger partial charge in [0.1, 0.15) is 0 Å². The number of anilines is 1. The Bertz CT molecular complexity index is 479. The third-order valence-corrected chi connectivity index (χ3v) is 5.41. The van der Waals surface area contributed by atoms with E-state index in [9.17, 15) is 0 Å². The molecule has 110 valence electrons. The van der Waals surface area contributed by atoms with E-state index in [0.717, 1.165) is 23.9 Å². The lowest BCUT2D eigenvalue weighted by molar-refractivity contribution is 0.183. The molecule has 1 N–H and O–H groups in total. The van der Waals surface area contributed by atoms with E-state index in [0.29, 0.717) is 12.0 Å². The molecule has 1 aliphatic carbocycles. The van der Waals surface area contributed by atoms with Gasteiger partial charge in [0.25, 0.3) is 0 Å². The fourth-order valence-corrected chi connectivity index (χ4v) is 4.08. The van der Waals surface area contributed by atoms with Crippen molar-refractivity contribution in [2.45, 2.75) is 32.2 Å². The van der Waals surface area contributed by atoms with Crippen LogP contribution < -0.4 is 5.32 Å². The molecule has 6 heteroatoms. The van der Waals surface area contributed by atoms with E-state index in [1.807, 2.05) is 28.8 Å². The lowest BCUT2D eigenvalue weighted by Crippen LogP contribution is -2.30. The molecule has 0 atom stereocenters. The second kappa shape index (κ2) is 6.18. The summed E-state index contributed by atoms with van der Waals surface area (Å²) in [5, 5.41) is 8.71. The number of methoxy groups -OCH3 is 1. The number of aliphatic imine (C=N–C) groups is 1. The van der Waals surface area contributed by atoms with E-state index < -0.39 is 0 Å². The number of ether oxygens (including phenoxy) is 1. The van der Waals surface area contributed by atoms with E-state index in [4.69, 9.17) is 9.73 Å². The molecule has 1 fully saturated rings. The Morgan fingerprint density at radius 2 is 2.30 bits per heavy atom. The molecule has 1 aliphatic heterocycles. The van der Waals surface area contributed by atoms with Crippen molar-refractivity contribution in [3.63, 3.8) is 0 Å². The Labute approximate surface area is 124 Å². The van der Waals surface area contributed by atoms with Gasteiger partial charge in [-0.3, -0.25) is 9.67 Å². The molecule has 1 aromatic rings. The Morgan fingerprint density at radius 3 is 3.00 bits per heavy atom. The third-order valence-electron chi connectivity index (χ3n) is 4.15. The van der Waals surface area contributed by atoms with Gasteiger partial charge in [-0.2, -0.15) is 5.10 Å². The third kappa shape index (κ3) is 3.17. The van der Waals surface area contributed by atoms with Gasteiger partial charge < -0.3 is 10.1 Å². The fraction of sp³-hybridized carbons (Fsp3) is 0.714. The number of hydrogen-bond donors (Lipinski definition) is 1. The molecule has 1 saturated carbocycles. The summed E-state index contributed by atoms with van der Waals surface area (Å²) in [6.45, 7) is 2.44. The number of nitrogens with one attached hydrogen (secondary N) is 1. The molecule has 0 saturated heterocycles. The van der Waals surface area contributed by atoms with Crippen LogP contribution in [0.4, 0.5) is 5.69 Å². The highest BCUT2D eigenvalue weighted by molar-refractivity contribution is 8.14. The van der Waals surface area contributed by atoms with E-state index in [1.54, 1.807) is 7.11 Å². The maximum atomic E-state index is 5.05. The molecule has 20 heavy (non-hydrogen) atoms. The van der Waals surface area contributed by atoms with E-state index >= 15 is 0 Å². The van der Waals surface area contributed by atoms with Crippen LogP contribution in [0.2, 0.25) is 0 Å². The number of amidine groups is 1. The summed E-state index contributed by atoms with van der Waals surface area (Å²) in [5.41, 5.74) is 1.51. The topological polar surface area (TPSA) is 51.4 Å². The van der Waals surface area contributed by atoms with Crippen LogP contribution in [0.1, 0.15) is 25.7 Å². The maximum Gasteiger partial charge on any atom is 0.161 e. The minimum absolute atomic E-state index is 0.499. The largest absolute Gasteiger partial charge is 0.383 e. The van der Waals surface area contributed by atoms with Crippen LogP contribution in [0, 0.1) is 5.41 Å². The van der Waals surface area contributed by atoms with Crippen LogP contribution in [0.15, 0.2) is 17.4 Å². The highest BCUT2D eigenvalue weighted by atomic mass is 32.2. The summed E-state index contributed by atoms with van der Waals surface area (Å²) in [5.74, 6) is 1.21. The number of rotatable bonds is 4. The van der Waals surface area contributed by atoms with Crippen molar-refractivity contribution in [2.75, 3.05) is 31.3 Å². The minimum atomic E-state index is 0.499. The van der Waals surface area contributed by atoms with Gasteiger partial charge in [-0.25, -0.2) is 0 Å². The first-order valence-electron chi connectivity index (χ1n) is 7.25. The molecule has 0 amide bonds. The number of nitrogens with zero attached hydrogens (tertiary/aromatic N) is 3. The van der Waals surface area contributed by atoms with Crippen molar-refractivity contribution in [1.82, 2.24) is 9.78 Å². The average Bonchev–Trinajstić information content (AvgIpc) is 3.09. The summed E-state index contributed by atoms with van der Waals surface area (Å²) < 4.78 is 6.94. The van der Waals surface area contributed by atoms with Crippen LogP contribution in [0.25, 0.3) is 0 Å². The first-order chi connectivity index (χ1) is 9.80. The van der Waals surface area contributed by atoms with Gasteiger partial charge in [-0.1, -0.05) is 24.6 Å². The van der Waals surface area contributed by atoms with Crippen LogP contribution in [0.3, 0.4) is 0 Å². The lowest BCUT2D eigenvalue weighted by atomic mass is 9.89. The zero-order chi connectivity index (χ0) is 13.8. The first kappa shape index (κ1) is 13.9. The summed E-state index contributed by atoms with van der Waals surface area (Å²) in [6, 6.07) is 0. The Hall–Kier alpha value is -1.01. The Morgan fingerprint density at radius 1 is 1.45 bits per heavy atom. The van der Waals surface area contributed by atoms with Crippen LogP contribution >= 0.6 is 11.8 Å². The second-order valence-corrected chi connectivity index (χ2v) is 6.69. The molecule has 5 nitrogen and oxygen atoms in total. The number of aromatic nitrogens is 2. The van der Waals surface area contributed by atoms with Crippen molar-refractivity contribution < 1.29 is 4.74 Å². The highest BCUT2D eigenvalue weighted by Crippen LogP contribution is 2.43. The zero-order valence-electron chi connectivity index (χ0n) is 12.0. The van der Waals surface area contributed by atoms with Crippen LogP contribution in [-0.2, 0) is 11.3 Å². The summed E-state index contributed by atoms with van der Waals surface area (Å²) >= 11 is 1.86. The van der Waals surface area contributed by atoms with Gasteiger partial charge in [0, 0.05) is 25.6 Å². The first-order valence-corrected chi connectivity index (χ1v) is 8.24. The Kier molecular flexibility index (Phi) is 4.31. The van der Waals surface area contributed by atoms with Crippen molar-refractivity contribution in [1.29, 1.82) is 0 Å². The monoisotopic (exact) mass is 294 g/mol. The lowest BCUT2D eigenvalue weighted by Gasteiger charge is -2.30. The highest BCUT2D eigenvalue weighted by Gasteiger charge is 2.36. The van der Waals surface area contributed by atoms with Gasteiger partial charge in [0.2, 0.25) is 0 Å². The van der Waals surface area contributed by atoms with Gasteiger partial charge in [-0.15, -0.1) is 0 Å². The molecule has 3 rings (SSSR count). The van der Waals surface area contributed by atoms with Crippen LogP contribution in [-0.4, -0.2) is 41.0 Å². The SMILES string of the molecule is COCCn1cc(NC2=NCC3(CCCC3)CS2)cn1. The average molecular weight is 294 g/mol. The molecule has 2 heterocycles. The molecular weight excluding hydrogens is 272 g/mol. The maximum absolute atomic E-state index is 5.05. The predicted molar refractivity (Wildman–Crippen MR) is 83.4 cm³/mol. The molecule has 1 aromatic heterocycles. The van der Waals surface area contributed by atoms with Gasteiger partial charge in [0.05, 0.1) is 25.0 Å². The summed E-state index contributed by atoms with van der Waals surface area (Å²) in [7, 11) is 1.70. The van der Waals surface area contributed by atoms with Crippen molar-refractivity contribution in [3.05, 3.63) is 12.4 Å². The van der Waals surface area contributed by atoms with E-state index in [1.165, 1.54) is 31.4 Å².